The van der Waals surface area contributed by atoms with Gasteiger partial charge in [0.25, 0.3) is 0 Å². The Morgan fingerprint density at radius 2 is 1.94 bits per heavy atom. The van der Waals surface area contributed by atoms with Crippen LogP contribution < -0.4 is 10.2 Å². The highest BCUT2D eigenvalue weighted by Crippen LogP contribution is 2.28. The lowest BCUT2D eigenvalue weighted by atomic mass is 10.1. The number of fused-ring (bicyclic) bond motifs is 1. The minimum absolute atomic E-state index is 0.217. The highest BCUT2D eigenvalue weighted by Gasteiger charge is 2.28. The highest BCUT2D eigenvalue weighted by molar-refractivity contribution is 5.87. The molecular formula is C27H41N5O3. The maximum absolute atomic E-state index is 13.4. The third-order valence-corrected chi connectivity index (χ3v) is 5.69. The number of aromatic nitrogens is 3. The number of carbonyl (C=O) groups is 1. The van der Waals surface area contributed by atoms with E-state index in [1.165, 1.54) is 25.7 Å². The van der Waals surface area contributed by atoms with Gasteiger partial charge in [-0.05, 0) is 52.2 Å². The van der Waals surface area contributed by atoms with Crippen molar-refractivity contribution in [2.24, 2.45) is 0 Å². The molecule has 3 rings (SSSR count). The number of rotatable bonds is 11. The Balaban J connectivity index is 2.00. The summed E-state index contributed by atoms with van der Waals surface area (Å²) in [6, 6.07) is 5.64. The predicted octanol–water partition coefficient (Wildman–Crippen LogP) is 7.08. The number of nitrogens with one attached hydrogen (secondary N) is 1. The van der Waals surface area contributed by atoms with Gasteiger partial charge < -0.3 is 14.5 Å². The van der Waals surface area contributed by atoms with E-state index in [-0.39, 0.29) is 12.5 Å². The number of unbranched alkanes of at least 4 members (excludes halogenated alkanes) is 4. The van der Waals surface area contributed by atoms with Gasteiger partial charge in [0, 0.05) is 18.2 Å². The molecule has 1 N–H and O–H groups in total. The number of hydrogen-bond donors (Lipinski definition) is 1. The Kier molecular flexibility index (Phi) is 8.81. The summed E-state index contributed by atoms with van der Waals surface area (Å²) >= 11 is 0. The van der Waals surface area contributed by atoms with Crippen LogP contribution in [0.5, 0.6) is 0 Å². The average Bonchev–Trinajstić information content (AvgIpc) is 3.38. The summed E-state index contributed by atoms with van der Waals surface area (Å²) in [7, 11) is 0. The lowest BCUT2D eigenvalue weighted by Crippen LogP contribution is -2.37. The highest BCUT2D eigenvalue weighted by atomic mass is 16.6. The van der Waals surface area contributed by atoms with Gasteiger partial charge in [-0.15, -0.1) is 0 Å². The molecule has 0 radical (unpaired) electrons. The van der Waals surface area contributed by atoms with E-state index < -0.39 is 11.7 Å². The molecule has 3 aromatic heterocycles. The number of aryl methyl sites for hydroxylation is 1. The second kappa shape index (κ2) is 11.6. The van der Waals surface area contributed by atoms with Crippen LogP contribution in [0.2, 0.25) is 0 Å². The zero-order chi connectivity index (χ0) is 25.6. The molecule has 0 aliphatic carbocycles. The van der Waals surface area contributed by atoms with Crippen molar-refractivity contribution in [3.05, 3.63) is 41.5 Å². The summed E-state index contributed by atoms with van der Waals surface area (Å²) in [6.07, 6.45) is 7.34. The molecule has 8 heteroatoms. The van der Waals surface area contributed by atoms with Crippen molar-refractivity contribution in [2.75, 3.05) is 16.8 Å². The van der Waals surface area contributed by atoms with Crippen LogP contribution >= 0.6 is 0 Å². The molecule has 8 nitrogen and oxygen atoms in total. The molecule has 0 aliphatic heterocycles. The van der Waals surface area contributed by atoms with Crippen molar-refractivity contribution >= 4 is 23.4 Å². The number of anilines is 2. The minimum Gasteiger partial charge on any atom is -0.464 e. The summed E-state index contributed by atoms with van der Waals surface area (Å²) in [6.45, 7) is 15.0. The van der Waals surface area contributed by atoms with E-state index in [4.69, 9.17) is 14.1 Å². The van der Waals surface area contributed by atoms with Crippen LogP contribution in [0.1, 0.15) is 96.6 Å². The molecule has 0 atom stereocenters. The number of ether oxygens (including phenoxy) is 1. The first kappa shape index (κ1) is 26.6. The second-order valence-corrected chi connectivity index (χ2v) is 10.4. The van der Waals surface area contributed by atoms with Crippen LogP contribution in [-0.4, -0.2) is 32.8 Å². The fourth-order valence-corrected chi connectivity index (χ4v) is 3.88. The van der Waals surface area contributed by atoms with Crippen molar-refractivity contribution in [3.8, 4) is 0 Å². The molecular weight excluding hydrogens is 442 g/mol. The van der Waals surface area contributed by atoms with Crippen molar-refractivity contribution in [1.29, 1.82) is 0 Å². The van der Waals surface area contributed by atoms with Crippen LogP contribution in [0.3, 0.4) is 0 Å². The topological polar surface area (TPSA) is 84.9 Å². The Hall–Kier alpha value is -3.03. The molecule has 3 heterocycles. The van der Waals surface area contributed by atoms with Crippen molar-refractivity contribution < 1.29 is 13.9 Å². The molecule has 192 valence electrons. The van der Waals surface area contributed by atoms with Crippen LogP contribution in [0.25, 0.3) is 5.65 Å². The van der Waals surface area contributed by atoms with Gasteiger partial charge in [0.15, 0.2) is 5.65 Å². The van der Waals surface area contributed by atoms with E-state index in [2.05, 4.69) is 31.2 Å². The summed E-state index contributed by atoms with van der Waals surface area (Å²) < 4.78 is 13.3. The number of hydrogen-bond acceptors (Lipinski definition) is 6. The molecule has 0 fully saturated rings. The van der Waals surface area contributed by atoms with Crippen LogP contribution in [0.4, 0.5) is 16.4 Å². The molecule has 1 amide bonds. The summed E-state index contributed by atoms with van der Waals surface area (Å²) in [4.78, 5) is 19.8. The normalized spacial score (nSPS) is 11.9. The largest absolute Gasteiger partial charge is 0.464 e. The first-order valence-electron chi connectivity index (χ1n) is 12.8. The maximum Gasteiger partial charge on any atom is 0.416 e. The molecule has 0 saturated carbocycles. The van der Waals surface area contributed by atoms with E-state index in [9.17, 15) is 4.79 Å². The summed E-state index contributed by atoms with van der Waals surface area (Å²) in [5, 5.41) is 8.07. The fraction of sp³-hybridized carbons (Fsp3) is 0.593. The van der Waals surface area contributed by atoms with Crippen molar-refractivity contribution in [2.45, 2.75) is 98.6 Å². The van der Waals surface area contributed by atoms with Gasteiger partial charge in [0.2, 0.25) is 0 Å². The monoisotopic (exact) mass is 483 g/mol. The van der Waals surface area contributed by atoms with E-state index in [0.29, 0.717) is 11.6 Å². The molecule has 3 aromatic rings. The number of furan rings is 1. The molecule has 0 bridgehead atoms. The Morgan fingerprint density at radius 1 is 1.20 bits per heavy atom. The van der Waals surface area contributed by atoms with Crippen LogP contribution in [0, 0.1) is 6.92 Å². The SMILES string of the molecule is CCCCCCCNc1cc(N(Cc2ccc(C)o2)C(=O)OC(C)(C)C)n2ncc(C(C)C)c2n1. The smallest absolute Gasteiger partial charge is 0.416 e. The van der Waals surface area contributed by atoms with Crippen molar-refractivity contribution in [1.82, 2.24) is 14.6 Å². The van der Waals surface area contributed by atoms with Gasteiger partial charge in [0.1, 0.15) is 28.8 Å². The fourth-order valence-electron chi connectivity index (χ4n) is 3.88. The molecule has 0 saturated heterocycles. The quantitative estimate of drug-likeness (QED) is 0.293. The maximum atomic E-state index is 13.4. The van der Waals surface area contributed by atoms with Gasteiger partial charge in [0.05, 0.1) is 12.7 Å². The predicted molar refractivity (Wildman–Crippen MR) is 140 cm³/mol. The van der Waals surface area contributed by atoms with Gasteiger partial charge in [-0.2, -0.15) is 9.61 Å². The molecule has 35 heavy (non-hydrogen) atoms. The Bertz CT molecular complexity index is 1110. The van der Waals surface area contributed by atoms with Gasteiger partial charge >= 0.3 is 6.09 Å². The van der Waals surface area contributed by atoms with Crippen LogP contribution in [0.15, 0.2) is 28.8 Å². The van der Waals surface area contributed by atoms with Crippen LogP contribution in [-0.2, 0) is 11.3 Å². The molecule has 0 aromatic carbocycles. The standard InChI is InChI=1S/C27H41N5O3/c1-8-9-10-11-12-15-28-23-16-24(32-25(30-23)22(17-29-32)19(2)3)31(26(33)35-27(5,6)7)18-21-14-13-20(4)34-21/h13-14,16-17,19H,8-12,15,18H2,1-7H3,(H,28,30). The van der Waals surface area contributed by atoms with Gasteiger partial charge in [-0.3, -0.25) is 4.90 Å². The third kappa shape index (κ3) is 7.23. The Morgan fingerprint density at radius 3 is 2.57 bits per heavy atom. The lowest BCUT2D eigenvalue weighted by Gasteiger charge is -2.27. The zero-order valence-corrected chi connectivity index (χ0v) is 22.4. The summed E-state index contributed by atoms with van der Waals surface area (Å²) in [5.74, 6) is 2.99. The van der Waals surface area contributed by atoms with E-state index in [0.717, 1.165) is 35.8 Å². The Labute approximate surface area is 209 Å². The van der Waals surface area contributed by atoms with E-state index >= 15 is 0 Å². The number of carbonyl (C=O) groups excluding carboxylic acids is 1. The second-order valence-electron chi connectivity index (χ2n) is 10.4. The lowest BCUT2D eigenvalue weighted by molar-refractivity contribution is 0.0573. The minimum atomic E-state index is -0.645. The van der Waals surface area contributed by atoms with Gasteiger partial charge in [-0.25, -0.2) is 9.78 Å². The van der Waals surface area contributed by atoms with E-state index in [1.807, 2.05) is 52.1 Å². The van der Waals surface area contributed by atoms with E-state index in [1.54, 1.807) is 9.42 Å². The number of amides is 1. The average molecular weight is 484 g/mol. The first-order valence-corrected chi connectivity index (χ1v) is 12.8. The van der Waals surface area contributed by atoms with Crippen molar-refractivity contribution in [3.63, 3.8) is 0 Å². The first-order chi connectivity index (χ1) is 16.6. The van der Waals surface area contributed by atoms with Gasteiger partial charge in [-0.1, -0.05) is 46.5 Å². The zero-order valence-electron chi connectivity index (χ0n) is 22.4. The molecule has 0 spiro atoms. The third-order valence-electron chi connectivity index (χ3n) is 5.69. The number of nitrogens with zero attached hydrogens (tertiary/aromatic N) is 4. The molecule has 0 aliphatic rings. The molecule has 0 unspecified atom stereocenters. The summed E-state index contributed by atoms with van der Waals surface area (Å²) in [5.41, 5.74) is 1.11.